The molecule has 5 heteroatoms. The molecule has 0 radical (unpaired) electrons. The Hall–Kier alpha value is -1.26. The molecule has 0 atom stereocenters. The first kappa shape index (κ1) is 8.34. The second kappa shape index (κ2) is 2.61. The normalized spacial score (nSPS) is 20.9. The molecule has 13 heavy (non-hydrogen) atoms. The summed E-state index contributed by atoms with van der Waals surface area (Å²) in [6.07, 6.45) is 3.61. The fraction of sp³-hybridized carbons (Fsp3) is 0.750. The van der Waals surface area contributed by atoms with E-state index in [4.69, 9.17) is 0 Å². The van der Waals surface area contributed by atoms with E-state index in [1.807, 2.05) is 5.01 Å². The number of hydrogen-bond acceptors (Lipinski definition) is 4. The monoisotopic (exact) mass is 183 g/mol. The molecule has 1 aromatic rings. The first-order valence-corrected chi connectivity index (χ1v) is 4.43. The molecular formula is C8H13N3O2. The average Bonchev–Trinajstić information content (AvgIpc) is 2.56. The van der Waals surface area contributed by atoms with Crippen LogP contribution in [-0.4, -0.2) is 17.4 Å². The van der Waals surface area contributed by atoms with Crippen LogP contribution in [0, 0.1) is 0 Å². The lowest BCUT2D eigenvalue weighted by molar-refractivity contribution is -0.763. The van der Waals surface area contributed by atoms with Gasteiger partial charge < -0.3 is 9.63 Å². The maximum atomic E-state index is 10.8. The van der Waals surface area contributed by atoms with Gasteiger partial charge in [0.1, 0.15) is 5.27 Å². The van der Waals surface area contributed by atoms with E-state index in [1.54, 1.807) is 0 Å². The Labute approximate surface area is 76.5 Å². The van der Waals surface area contributed by atoms with E-state index in [2.05, 4.69) is 23.6 Å². The van der Waals surface area contributed by atoms with Crippen LogP contribution in [0.5, 0.6) is 5.95 Å². The topological polar surface area (TPSA) is 56.2 Å². The van der Waals surface area contributed by atoms with Crippen molar-refractivity contribution in [2.24, 2.45) is 0 Å². The lowest BCUT2D eigenvalue weighted by atomic mass is 10.0. The zero-order valence-electron chi connectivity index (χ0n) is 7.86. The molecule has 0 aromatic carbocycles. The zero-order valence-corrected chi connectivity index (χ0v) is 7.86. The van der Waals surface area contributed by atoms with Gasteiger partial charge in [0.05, 0.1) is 12.1 Å². The molecule has 0 unspecified atom stereocenters. The van der Waals surface area contributed by atoms with E-state index >= 15 is 0 Å². The fourth-order valence-electron chi connectivity index (χ4n) is 1.81. The first-order chi connectivity index (χ1) is 6.09. The Bertz CT molecular complexity index is 308. The van der Waals surface area contributed by atoms with Crippen LogP contribution in [0.1, 0.15) is 26.7 Å². The van der Waals surface area contributed by atoms with Gasteiger partial charge >= 0.3 is 0 Å². The Morgan fingerprint density at radius 3 is 2.92 bits per heavy atom. The van der Waals surface area contributed by atoms with Crippen LogP contribution in [-0.2, 0) is 0 Å². The van der Waals surface area contributed by atoms with Crippen LogP contribution in [0.25, 0.3) is 0 Å². The fourth-order valence-corrected chi connectivity index (χ4v) is 1.81. The number of rotatable bonds is 1. The lowest BCUT2D eigenvalue weighted by Gasteiger charge is -2.23. The zero-order chi connectivity index (χ0) is 9.47. The van der Waals surface area contributed by atoms with E-state index in [0.29, 0.717) is 0 Å². The van der Waals surface area contributed by atoms with Crippen molar-refractivity contribution in [3.05, 3.63) is 6.20 Å². The average molecular weight is 183 g/mol. The summed E-state index contributed by atoms with van der Waals surface area (Å²) < 4.78 is 4.49. The van der Waals surface area contributed by atoms with Gasteiger partial charge in [0.15, 0.2) is 5.95 Å². The molecule has 1 aliphatic rings. The third-order valence-corrected chi connectivity index (χ3v) is 2.54. The Morgan fingerprint density at radius 1 is 1.69 bits per heavy atom. The number of hydrogen-bond donors (Lipinski definition) is 0. The van der Waals surface area contributed by atoms with Gasteiger partial charge in [-0.3, -0.25) is 0 Å². The molecule has 0 amide bonds. The number of aromatic nitrogens is 2. The summed E-state index contributed by atoms with van der Waals surface area (Å²) in [7, 11) is 0. The van der Waals surface area contributed by atoms with E-state index < -0.39 is 5.95 Å². The molecule has 0 bridgehead atoms. The van der Waals surface area contributed by atoms with Crippen molar-refractivity contribution in [2.45, 2.75) is 32.2 Å². The van der Waals surface area contributed by atoms with Gasteiger partial charge in [0.2, 0.25) is 0 Å². The Kier molecular flexibility index (Phi) is 1.68. The van der Waals surface area contributed by atoms with Gasteiger partial charge in [-0.2, -0.15) is 0 Å². The van der Waals surface area contributed by atoms with Gasteiger partial charge in [-0.1, -0.05) is 0 Å². The summed E-state index contributed by atoms with van der Waals surface area (Å²) in [5, 5.41) is 16.5. The largest absolute Gasteiger partial charge is 0.539 e. The maximum absolute atomic E-state index is 10.8. The minimum atomic E-state index is -0.400. The summed E-state index contributed by atoms with van der Waals surface area (Å²) in [6.45, 7) is 5.18. The Morgan fingerprint density at radius 2 is 2.46 bits per heavy atom. The van der Waals surface area contributed by atoms with Crippen molar-refractivity contribution in [1.29, 1.82) is 0 Å². The molecule has 0 saturated carbocycles. The molecule has 0 N–H and O–H groups in total. The predicted molar refractivity (Wildman–Crippen MR) is 42.5 cm³/mol. The van der Waals surface area contributed by atoms with Crippen LogP contribution in [0.4, 0.5) is 0 Å². The van der Waals surface area contributed by atoms with E-state index in [1.165, 1.54) is 11.0 Å². The minimum Gasteiger partial charge on any atom is -0.539 e. The van der Waals surface area contributed by atoms with Gasteiger partial charge in [-0.05, 0) is 26.7 Å². The summed E-state index contributed by atoms with van der Waals surface area (Å²) in [5.74, 6) is -0.400. The predicted octanol–water partition coefficient (Wildman–Crippen LogP) is -0.454. The summed E-state index contributed by atoms with van der Waals surface area (Å²) in [4.78, 5) is 1.51. The van der Waals surface area contributed by atoms with Crippen molar-refractivity contribution in [2.75, 3.05) is 11.6 Å². The number of nitrogens with zero attached hydrogens (tertiary/aromatic N) is 3. The van der Waals surface area contributed by atoms with Gasteiger partial charge in [0, 0.05) is 4.79 Å². The van der Waals surface area contributed by atoms with Crippen molar-refractivity contribution in [3.63, 3.8) is 0 Å². The highest BCUT2D eigenvalue weighted by Gasteiger charge is 2.39. The van der Waals surface area contributed by atoms with Gasteiger partial charge in [-0.25, -0.2) is 0 Å². The van der Waals surface area contributed by atoms with E-state index in [-0.39, 0.29) is 5.54 Å². The molecule has 72 valence electrons. The summed E-state index contributed by atoms with van der Waals surface area (Å²) in [5.41, 5.74) is 0.0635. The Balaban J connectivity index is 2.26. The third-order valence-electron chi connectivity index (χ3n) is 2.54. The molecule has 2 rings (SSSR count). The smallest absolute Gasteiger partial charge is 0.255 e. The molecule has 1 aliphatic heterocycles. The summed E-state index contributed by atoms with van der Waals surface area (Å²) >= 11 is 0. The van der Waals surface area contributed by atoms with Crippen molar-refractivity contribution < 1.29 is 14.4 Å². The summed E-state index contributed by atoms with van der Waals surface area (Å²) in [6, 6.07) is 0. The standard InChI is InChI=1S/C8H13N3O2/c1-8(2)4-3-5-10(8)11-6-7(12)13-9-11/h6H,3-5H2,1-2H3. The van der Waals surface area contributed by atoms with E-state index in [0.717, 1.165) is 19.4 Å². The SMILES string of the molecule is CC1(C)CCCN1[n+]1cc([O-])on1. The molecule has 1 fully saturated rings. The van der Waals surface area contributed by atoms with Crippen LogP contribution in [0.15, 0.2) is 10.7 Å². The van der Waals surface area contributed by atoms with Gasteiger partial charge in [-0.15, -0.1) is 5.01 Å². The third kappa shape index (κ3) is 1.34. The van der Waals surface area contributed by atoms with Crippen molar-refractivity contribution >= 4 is 0 Å². The quantitative estimate of drug-likeness (QED) is 0.553. The van der Waals surface area contributed by atoms with E-state index in [9.17, 15) is 5.11 Å². The van der Waals surface area contributed by atoms with Gasteiger partial charge in [0.25, 0.3) is 6.20 Å². The highest BCUT2D eigenvalue weighted by molar-refractivity contribution is 4.99. The minimum absolute atomic E-state index is 0.0635. The van der Waals surface area contributed by atoms with Crippen LogP contribution >= 0.6 is 0 Å². The van der Waals surface area contributed by atoms with Crippen LogP contribution < -0.4 is 14.9 Å². The van der Waals surface area contributed by atoms with Crippen LogP contribution in [0.3, 0.4) is 0 Å². The molecule has 2 heterocycles. The molecular weight excluding hydrogens is 170 g/mol. The highest BCUT2D eigenvalue weighted by atomic mass is 16.6. The molecule has 0 spiro atoms. The molecule has 1 saturated heterocycles. The van der Waals surface area contributed by atoms with Crippen LogP contribution in [0.2, 0.25) is 0 Å². The molecule has 1 aromatic heterocycles. The molecule has 5 nitrogen and oxygen atoms in total. The second-order valence-corrected chi connectivity index (χ2v) is 3.98. The lowest BCUT2D eigenvalue weighted by Crippen LogP contribution is -2.64. The second-order valence-electron chi connectivity index (χ2n) is 3.98. The first-order valence-electron chi connectivity index (χ1n) is 4.43. The maximum Gasteiger partial charge on any atom is 0.255 e. The molecule has 0 aliphatic carbocycles. The van der Waals surface area contributed by atoms with Crippen molar-refractivity contribution in [3.8, 4) is 5.95 Å². The van der Waals surface area contributed by atoms with Crippen molar-refractivity contribution in [1.82, 2.24) is 5.27 Å². The highest BCUT2D eigenvalue weighted by Crippen LogP contribution is 2.23.